The Labute approximate surface area is 124 Å². The Morgan fingerprint density at radius 2 is 1.95 bits per heavy atom. The average molecular weight is 313 g/mol. The van der Waals surface area contributed by atoms with E-state index in [2.05, 4.69) is 4.98 Å². The van der Waals surface area contributed by atoms with Crippen LogP contribution in [0.3, 0.4) is 0 Å². The molecule has 1 aromatic heterocycles. The van der Waals surface area contributed by atoms with Gasteiger partial charge < -0.3 is 34.9 Å². The van der Waals surface area contributed by atoms with E-state index in [4.69, 9.17) is 14.6 Å². The first-order valence-corrected chi connectivity index (χ1v) is 6.75. The summed E-state index contributed by atoms with van der Waals surface area (Å²) in [5.74, 6) is -0.118. The van der Waals surface area contributed by atoms with Gasteiger partial charge in [0.15, 0.2) is 0 Å². The highest BCUT2D eigenvalue weighted by Crippen LogP contribution is 2.30. The van der Waals surface area contributed by atoms with Crippen LogP contribution in [0.15, 0.2) is 24.4 Å². The van der Waals surface area contributed by atoms with E-state index in [0.717, 1.165) is 0 Å². The predicted molar refractivity (Wildman–Crippen MR) is 72.7 cm³/mol. The van der Waals surface area contributed by atoms with Crippen molar-refractivity contribution < 1.29 is 34.3 Å². The lowest BCUT2D eigenvalue weighted by Gasteiger charge is -2.39. The largest absolute Gasteiger partial charge is 0.460 e. The van der Waals surface area contributed by atoms with Crippen LogP contribution in [0.25, 0.3) is 10.9 Å². The van der Waals surface area contributed by atoms with Crippen LogP contribution >= 0.6 is 0 Å². The SMILES string of the molecule is OC[C@@H]1O[C@@H](Oc2c[nH]c3cc(F)ccc23)[C@H](O)[C@H](O)[C@H]1O. The fourth-order valence-corrected chi connectivity index (χ4v) is 2.46. The lowest BCUT2D eigenvalue weighted by atomic mass is 9.99. The van der Waals surface area contributed by atoms with Crippen molar-refractivity contribution in [3.8, 4) is 5.75 Å². The minimum Gasteiger partial charge on any atom is -0.460 e. The zero-order valence-corrected chi connectivity index (χ0v) is 11.4. The predicted octanol–water partition coefficient (Wildman–Crippen LogP) is -0.514. The highest BCUT2D eigenvalue weighted by Gasteiger charge is 2.44. The standard InChI is InChI=1S/C14H16FNO6/c15-6-1-2-7-8(3-6)16-4-9(7)21-14-13(20)12(19)11(18)10(5-17)22-14/h1-4,10-14,16-20H,5H2/t10-,11-,12+,13+,14+/m0/s1. The van der Waals surface area contributed by atoms with E-state index in [-0.39, 0.29) is 0 Å². The molecule has 7 nitrogen and oxygen atoms in total. The molecule has 1 aromatic carbocycles. The number of fused-ring (bicyclic) bond motifs is 1. The van der Waals surface area contributed by atoms with Crippen molar-refractivity contribution in [1.82, 2.24) is 4.98 Å². The molecule has 5 atom stereocenters. The number of halogens is 1. The molecule has 1 fully saturated rings. The number of nitrogens with one attached hydrogen (secondary N) is 1. The van der Waals surface area contributed by atoms with Gasteiger partial charge in [-0.2, -0.15) is 0 Å². The van der Waals surface area contributed by atoms with Gasteiger partial charge in [-0.15, -0.1) is 0 Å². The Morgan fingerprint density at radius 3 is 2.68 bits per heavy atom. The minimum atomic E-state index is -1.52. The number of aromatic amines is 1. The zero-order valence-electron chi connectivity index (χ0n) is 11.4. The van der Waals surface area contributed by atoms with Crippen LogP contribution in [0.1, 0.15) is 0 Å². The van der Waals surface area contributed by atoms with Crippen molar-refractivity contribution in [2.24, 2.45) is 0 Å². The molecule has 0 radical (unpaired) electrons. The van der Waals surface area contributed by atoms with E-state index >= 15 is 0 Å². The molecule has 1 saturated heterocycles. The Bertz CT molecular complexity index is 660. The smallest absolute Gasteiger partial charge is 0.229 e. The number of hydrogen-bond donors (Lipinski definition) is 5. The van der Waals surface area contributed by atoms with Crippen molar-refractivity contribution in [2.45, 2.75) is 30.7 Å². The van der Waals surface area contributed by atoms with Gasteiger partial charge in [-0.05, 0) is 18.2 Å². The highest BCUT2D eigenvalue weighted by molar-refractivity contribution is 5.86. The summed E-state index contributed by atoms with van der Waals surface area (Å²) in [7, 11) is 0. The molecule has 22 heavy (non-hydrogen) atoms. The lowest BCUT2D eigenvalue weighted by Crippen LogP contribution is -2.60. The highest BCUT2D eigenvalue weighted by atomic mass is 19.1. The Hall–Kier alpha value is -1.71. The van der Waals surface area contributed by atoms with Crippen LogP contribution < -0.4 is 4.74 Å². The third-order valence-electron chi connectivity index (χ3n) is 3.70. The third kappa shape index (κ3) is 2.55. The maximum Gasteiger partial charge on any atom is 0.229 e. The molecule has 1 aliphatic rings. The van der Waals surface area contributed by atoms with Gasteiger partial charge in [-0.3, -0.25) is 0 Å². The van der Waals surface area contributed by atoms with Gasteiger partial charge in [0.25, 0.3) is 0 Å². The number of aliphatic hydroxyl groups is 4. The second-order valence-electron chi connectivity index (χ2n) is 5.16. The van der Waals surface area contributed by atoms with Gasteiger partial charge in [-0.25, -0.2) is 4.39 Å². The number of aromatic nitrogens is 1. The average Bonchev–Trinajstić information content (AvgIpc) is 2.90. The molecule has 120 valence electrons. The summed E-state index contributed by atoms with van der Waals surface area (Å²) in [6, 6.07) is 4.05. The molecule has 5 N–H and O–H groups in total. The summed E-state index contributed by atoms with van der Waals surface area (Å²) in [6.45, 7) is -0.538. The van der Waals surface area contributed by atoms with Crippen LogP contribution in [-0.4, -0.2) is 62.7 Å². The molecule has 3 rings (SSSR count). The number of benzene rings is 1. The van der Waals surface area contributed by atoms with Gasteiger partial charge in [0.1, 0.15) is 36.0 Å². The zero-order chi connectivity index (χ0) is 15.9. The topological polar surface area (TPSA) is 115 Å². The van der Waals surface area contributed by atoms with Crippen LogP contribution in [-0.2, 0) is 4.74 Å². The summed E-state index contributed by atoms with van der Waals surface area (Å²) in [4.78, 5) is 2.82. The molecular formula is C14H16FNO6. The number of rotatable bonds is 3. The first kappa shape index (κ1) is 15.2. The van der Waals surface area contributed by atoms with Crippen LogP contribution in [0.2, 0.25) is 0 Å². The normalized spacial score (nSPS) is 32.3. The first-order valence-electron chi connectivity index (χ1n) is 6.75. The Kier molecular flexibility index (Phi) is 4.02. The minimum absolute atomic E-state index is 0.291. The van der Waals surface area contributed by atoms with Gasteiger partial charge in [-0.1, -0.05) is 0 Å². The van der Waals surface area contributed by atoms with Crippen molar-refractivity contribution in [3.63, 3.8) is 0 Å². The van der Waals surface area contributed by atoms with E-state index < -0.39 is 43.1 Å². The maximum absolute atomic E-state index is 13.1. The van der Waals surface area contributed by atoms with Crippen molar-refractivity contribution in [3.05, 3.63) is 30.2 Å². The fraction of sp³-hybridized carbons (Fsp3) is 0.429. The quantitative estimate of drug-likeness (QED) is 0.521. The summed E-state index contributed by atoms with van der Waals surface area (Å²) in [6.07, 6.45) is -5.32. The summed E-state index contributed by atoms with van der Waals surface area (Å²) in [5.41, 5.74) is 0.500. The molecule has 0 unspecified atom stereocenters. The van der Waals surface area contributed by atoms with E-state index in [1.807, 2.05) is 0 Å². The summed E-state index contributed by atoms with van der Waals surface area (Å²) < 4.78 is 23.9. The van der Waals surface area contributed by atoms with Crippen LogP contribution in [0, 0.1) is 5.82 Å². The van der Waals surface area contributed by atoms with E-state index in [1.54, 1.807) is 0 Å². The van der Waals surface area contributed by atoms with Crippen LogP contribution in [0.4, 0.5) is 4.39 Å². The van der Waals surface area contributed by atoms with Gasteiger partial charge in [0.2, 0.25) is 6.29 Å². The molecule has 0 amide bonds. The number of H-pyrrole nitrogens is 1. The molecular weight excluding hydrogens is 297 g/mol. The molecule has 0 bridgehead atoms. The second kappa shape index (κ2) is 5.82. The summed E-state index contributed by atoms with van der Waals surface area (Å²) in [5, 5.41) is 39.0. The van der Waals surface area contributed by atoms with Gasteiger partial charge in [0, 0.05) is 11.6 Å². The molecule has 0 saturated carbocycles. The first-order chi connectivity index (χ1) is 10.5. The second-order valence-corrected chi connectivity index (χ2v) is 5.16. The lowest BCUT2D eigenvalue weighted by molar-refractivity contribution is -0.277. The Balaban J connectivity index is 1.84. The number of hydrogen-bond acceptors (Lipinski definition) is 6. The molecule has 0 spiro atoms. The Morgan fingerprint density at radius 1 is 1.18 bits per heavy atom. The molecule has 0 aliphatic carbocycles. The van der Waals surface area contributed by atoms with E-state index in [9.17, 15) is 19.7 Å². The molecule has 8 heteroatoms. The number of ether oxygens (including phenoxy) is 2. The van der Waals surface area contributed by atoms with Gasteiger partial charge in [0.05, 0.1) is 12.1 Å². The monoisotopic (exact) mass is 313 g/mol. The summed E-state index contributed by atoms with van der Waals surface area (Å²) >= 11 is 0. The molecule has 2 heterocycles. The van der Waals surface area contributed by atoms with Crippen molar-refractivity contribution in [1.29, 1.82) is 0 Å². The number of aliphatic hydroxyl groups excluding tert-OH is 4. The maximum atomic E-state index is 13.1. The van der Waals surface area contributed by atoms with E-state index in [0.29, 0.717) is 16.7 Å². The van der Waals surface area contributed by atoms with Crippen molar-refractivity contribution in [2.75, 3.05) is 6.61 Å². The third-order valence-corrected chi connectivity index (χ3v) is 3.70. The van der Waals surface area contributed by atoms with E-state index in [1.165, 1.54) is 24.4 Å². The van der Waals surface area contributed by atoms with Crippen LogP contribution in [0.5, 0.6) is 5.75 Å². The van der Waals surface area contributed by atoms with Crippen molar-refractivity contribution >= 4 is 10.9 Å². The molecule has 2 aromatic rings. The fourth-order valence-electron chi connectivity index (χ4n) is 2.46. The van der Waals surface area contributed by atoms with Gasteiger partial charge >= 0.3 is 0 Å². The molecule has 1 aliphatic heterocycles.